The van der Waals surface area contributed by atoms with Gasteiger partial charge < -0.3 is 5.32 Å². The van der Waals surface area contributed by atoms with Crippen LogP contribution >= 0.6 is 11.8 Å². The minimum atomic E-state index is -0.287. The number of amides is 1. The van der Waals surface area contributed by atoms with E-state index in [1.807, 2.05) is 35.8 Å². The summed E-state index contributed by atoms with van der Waals surface area (Å²) in [7, 11) is 0. The van der Waals surface area contributed by atoms with Crippen molar-refractivity contribution in [2.45, 2.75) is 87.7 Å². The van der Waals surface area contributed by atoms with Crippen molar-refractivity contribution in [2.24, 2.45) is 5.92 Å². The number of fused-ring (bicyclic) bond motifs is 1. The van der Waals surface area contributed by atoms with Crippen LogP contribution in [-0.4, -0.2) is 26.8 Å². The van der Waals surface area contributed by atoms with E-state index >= 15 is 0 Å². The summed E-state index contributed by atoms with van der Waals surface area (Å²) in [5, 5.41) is 4.31. The minimum absolute atomic E-state index is 0.0264. The Morgan fingerprint density at radius 1 is 1.14 bits per heavy atom. The standard InChI is InChI=1S/C23H31N3O2S/c1-15-9-3-7-13-19(15)24-21(27)16(2)29-23-25-20-14-8-6-12-18(20)22(28)26(23)17-10-4-5-11-17/h6,8,12,14-17,19H,3-5,7,9-11,13H2,1-2H3,(H,24,27)/t15-,16-,19-/m1/s1. The molecule has 0 bridgehead atoms. The maximum atomic E-state index is 13.3. The second-order valence-corrected chi connectivity index (χ2v) is 9.97. The molecule has 0 unspecified atom stereocenters. The molecule has 2 aliphatic rings. The Kier molecular flexibility index (Phi) is 6.28. The maximum absolute atomic E-state index is 13.3. The fourth-order valence-corrected chi connectivity index (χ4v) is 5.72. The van der Waals surface area contributed by atoms with Crippen LogP contribution in [0.1, 0.15) is 71.3 Å². The second-order valence-electron chi connectivity index (χ2n) is 8.66. The van der Waals surface area contributed by atoms with Crippen molar-refractivity contribution < 1.29 is 4.79 Å². The van der Waals surface area contributed by atoms with E-state index in [-0.39, 0.29) is 28.8 Å². The summed E-state index contributed by atoms with van der Waals surface area (Å²) in [5.41, 5.74) is 0.737. The largest absolute Gasteiger partial charge is 0.352 e. The zero-order valence-electron chi connectivity index (χ0n) is 17.4. The molecule has 2 saturated carbocycles. The molecule has 156 valence electrons. The minimum Gasteiger partial charge on any atom is -0.352 e. The number of carbonyl (C=O) groups excluding carboxylic acids is 1. The van der Waals surface area contributed by atoms with Gasteiger partial charge in [0.25, 0.3) is 5.56 Å². The van der Waals surface area contributed by atoms with E-state index in [4.69, 9.17) is 4.98 Å². The first kappa shape index (κ1) is 20.5. The van der Waals surface area contributed by atoms with E-state index in [0.717, 1.165) is 32.1 Å². The number of aromatic nitrogens is 2. The topological polar surface area (TPSA) is 64.0 Å². The van der Waals surface area contributed by atoms with Crippen molar-refractivity contribution in [3.05, 3.63) is 34.6 Å². The van der Waals surface area contributed by atoms with Crippen LogP contribution in [0, 0.1) is 5.92 Å². The Balaban J connectivity index is 1.59. The van der Waals surface area contributed by atoms with Crippen molar-refractivity contribution in [2.75, 3.05) is 0 Å². The number of benzene rings is 1. The molecule has 0 saturated heterocycles. The highest BCUT2D eigenvalue weighted by Crippen LogP contribution is 2.33. The van der Waals surface area contributed by atoms with Gasteiger partial charge in [0, 0.05) is 12.1 Å². The van der Waals surface area contributed by atoms with Crippen LogP contribution in [0.15, 0.2) is 34.2 Å². The van der Waals surface area contributed by atoms with Crippen LogP contribution in [0.2, 0.25) is 0 Å². The van der Waals surface area contributed by atoms with Crippen LogP contribution in [0.25, 0.3) is 10.9 Å². The number of rotatable bonds is 5. The molecule has 1 heterocycles. The van der Waals surface area contributed by atoms with Crippen LogP contribution < -0.4 is 10.9 Å². The normalized spacial score (nSPS) is 23.9. The third-order valence-electron chi connectivity index (χ3n) is 6.56. The lowest BCUT2D eigenvalue weighted by Gasteiger charge is -2.30. The summed E-state index contributed by atoms with van der Waals surface area (Å²) in [6.45, 7) is 4.15. The highest BCUT2D eigenvalue weighted by Gasteiger charge is 2.28. The molecular weight excluding hydrogens is 382 g/mol. The average Bonchev–Trinajstić information content (AvgIpc) is 3.24. The molecule has 0 spiro atoms. The predicted octanol–water partition coefficient (Wildman–Crippen LogP) is 4.69. The van der Waals surface area contributed by atoms with E-state index in [1.165, 1.54) is 31.0 Å². The fraction of sp³-hybridized carbons (Fsp3) is 0.609. The molecule has 1 amide bonds. The van der Waals surface area contributed by atoms with Gasteiger partial charge in [-0.25, -0.2) is 4.98 Å². The van der Waals surface area contributed by atoms with Crippen molar-refractivity contribution in [1.29, 1.82) is 0 Å². The molecule has 4 rings (SSSR count). The first-order chi connectivity index (χ1) is 14.0. The van der Waals surface area contributed by atoms with E-state index in [2.05, 4.69) is 12.2 Å². The smallest absolute Gasteiger partial charge is 0.262 e. The van der Waals surface area contributed by atoms with Crippen molar-refractivity contribution >= 4 is 28.6 Å². The molecule has 6 heteroatoms. The molecule has 2 aliphatic carbocycles. The van der Waals surface area contributed by atoms with Gasteiger partial charge in [0.15, 0.2) is 5.16 Å². The molecule has 2 aromatic rings. The van der Waals surface area contributed by atoms with Gasteiger partial charge in [0.05, 0.1) is 16.2 Å². The molecule has 3 atom stereocenters. The first-order valence-corrected chi connectivity index (χ1v) is 11.9. The average molecular weight is 414 g/mol. The summed E-state index contributed by atoms with van der Waals surface area (Å²) < 4.78 is 1.87. The Bertz CT molecular complexity index is 935. The lowest BCUT2D eigenvalue weighted by molar-refractivity contribution is -0.121. The second kappa shape index (κ2) is 8.90. The summed E-state index contributed by atoms with van der Waals surface area (Å²) in [6, 6.07) is 7.98. The lowest BCUT2D eigenvalue weighted by atomic mass is 9.86. The van der Waals surface area contributed by atoms with Crippen molar-refractivity contribution in [3.8, 4) is 0 Å². The summed E-state index contributed by atoms with van der Waals surface area (Å²) in [5.74, 6) is 0.578. The zero-order valence-corrected chi connectivity index (χ0v) is 18.2. The number of para-hydroxylation sites is 1. The summed E-state index contributed by atoms with van der Waals surface area (Å²) >= 11 is 1.42. The molecule has 1 aromatic heterocycles. The predicted molar refractivity (Wildman–Crippen MR) is 118 cm³/mol. The molecule has 29 heavy (non-hydrogen) atoms. The van der Waals surface area contributed by atoms with Gasteiger partial charge in [-0.2, -0.15) is 0 Å². The van der Waals surface area contributed by atoms with Gasteiger partial charge in [-0.3, -0.25) is 14.2 Å². The molecule has 5 nitrogen and oxygen atoms in total. The highest BCUT2D eigenvalue weighted by molar-refractivity contribution is 8.00. The van der Waals surface area contributed by atoms with Crippen molar-refractivity contribution in [3.63, 3.8) is 0 Å². The van der Waals surface area contributed by atoms with Gasteiger partial charge in [-0.15, -0.1) is 0 Å². The zero-order chi connectivity index (χ0) is 20.4. The quantitative estimate of drug-likeness (QED) is 0.571. The van der Waals surface area contributed by atoms with Crippen molar-refractivity contribution in [1.82, 2.24) is 14.9 Å². The van der Waals surface area contributed by atoms with Crippen LogP contribution in [0.4, 0.5) is 0 Å². The first-order valence-electron chi connectivity index (χ1n) is 11.0. The van der Waals surface area contributed by atoms with Gasteiger partial charge in [0.1, 0.15) is 0 Å². The van der Waals surface area contributed by atoms with E-state index < -0.39 is 0 Å². The van der Waals surface area contributed by atoms with Gasteiger partial charge >= 0.3 is 0 Å². The van der Waals surface area contributed by atoms with Gasteiger partial charge in [-0.1, -0.05) is 56.5 Å². The Hall–Kier alpha value is -1.82. The SMILES string of the molecule is C[C@@H]1CCCC[C@H]1NC(=O)[C@@H](C)Sc1nc2ccccc2c(=O)n1C1CCCC1. The summed E-state index contributed by atoms with van der Waals surface area (Å²) in [4.78, 5) is 31.0. The fourth-order valence-electron chi connectivity index (χ4n) is 4.74. The van der Waals surface area contributed by atoms with Gasteiger partial charge in [0.2, 0.25) is 5.91 Å². The van der Waals surface area contributed by atoms with Crippen LogP contribution in [0.5, 0.6) is 0 Å². The molecule has 1 aromatic carbocycles. The van der Waals surface area contributed by atoms with E-state index in [0.29, 0.717) is 22.0 Å². The number of nitrogens with zero attached hydrogens (tertiary/aromatic N) is 2. The molecule has 2 fully saturated rings. The molecule has 0 aliphatic heterocycles. The molecule has 0 radical (unpaired) electrons. The number of carbonyl (C=O) groups is 1. The van der Waals surface area contributed by atoms with E-state index in [1.54, 1.807) is 0 Å². The monoisotopic (exact) mass is 413 g/mol. The number of hydrogen-bond donors (Lipinski definition) is 1. The Morgan fingerprint density at radius 2 is 1.83 bits per heavy atom. The Morgan fingerprint density at radius 3 is 2.59 bits per heavy atom. The third-order valence-corrected chi connectivity index (χ3v) is 7.62. The highest BCUT2D eigenvalue weighted by atomic mass is 32.2. The number of hydrogen-bond acceptors (Lipinski definition) is 4. The molecule has 1 N–H and O–H groups in total. The Labute approximate surface area is 176 Å². The number of thioether (sulfide) groups is 1. The number of nitrogens with one attached hydrogen (secondary N) is 1. The van der Waals surface area contributed by atoms with E-state index in [9.17, 15) is 9.59 Å². The maximum Gasteiger partial charge on any atom is 0.262 e. The lowest BCUT2D eigenvalue weighted by Crippen LogP contribution is -2.44. The van der Waals surface area contributed by atoms with Crippen LogP contribution in [-0.2, 0) is 4.79 Å². The molecular formula is C23H31N3O2S. The third kappa shape index (κ3) is 4.37. The van der Waals surface area contributed by atoms with Gasteiger partial charge in [-0.05, 0) is 50.7 Å². The van der Waals surface area contributed by atoms with Crippen LogP contribution in [0.3, 0.4) is 0 Å². The summed E-state index contributed by atoms with van der Waals surface area (Å²) in [6.07, 6.45) is 8.98.